The predicted octanol–water partition coefficient (Wildman–Crippen LogP) is 3.75. The first-order valence-corrected chi connectivity index (χ1v) is 13.0. The molecule has 1 aromatic carbocycles. The lowest BCUT2D eigenvalue weighted by molar-refractivity contribution is 0.00578. The highest BCUT2D eigenvalue weighted by Crippen LogP contribution is 2.40. The lowest BCUT2D eigenvalue weighted by Crippen LogP contribution is -2.41. The molecule has 0 spiro atoms. The summed E-state index contributed by atoms with van der Waals surface area (Å²) in [6.45, 7) is 11.2. The first kappa shape index (κ1) is 24.1. The van der Waals surface area contributed by atoms with Gasteiger partial charge in [-0.3, -0.25) is 9.36 Å². The SMILES string of the molecule is CCn1ccc(Cc2ncc3c(n2)-c2c(nn(C)c2-c2ccc(B4OC(C)(C)C(C)(C)O4)cc2)CC3)n1. The molecule has 0 unspecified atom stereocenters. The van der Waals surface area contributed by atoms with Gasteiger partial charge in [-0.1, -0.05) is 24.3 Å². The number of nitrogens with zero attached hydrogens (tertiary/aromatic N) is 6. The van der Waals surface area contributed by atoms with E-state index >= 15 is 0 Å². The smallest absolute Gasteiger partial charge is 0.399 e. The van der Waals surface area contributed by atoms with Crippen LogP contribution < -0.4 is 5.46 Å². The molecule has 1 saturated heterocycles. The highest BCUT2D eigenvalue weighted by molar-refractivity contribution is 6.62. The number of benzene rings is 1. The van der Waals surface area contributed by atoms with Crippen LogP contribution in [0.5, 0.6) is 0 Å². The second kappa shape index (κ2) is 8.63. The fraction of sp³-hybridized carbons (Fsp3) is 0.429. The lowest BCUT2D eigenvalue weighted by Gasteiger charge is -2.32. The Morgan fingerprint density at radius 1 is 0.973 bits per heavy atom. The summed E-state index contributed by atoms with van der Waals surface area (Å²) < 4.78 is 16.4. The van der Waals surface area contributed by atoms with E-state index in [1.807, 2.05) is 34.9 Å². The molecule has 0 radical (unpaired) electrons. The van der Waals surface area contributed by atoms with Crippen LogP contribution in [0.25, 0.3) is 22.5 Å². The molecule has 1 aliphatic heterocycles. The molecule has 0 amide bonds. The molecular formula is C28H33BN6O2. The summed E-state index contributed by atoms with van der Waals surface area (Å²) in [7, 11) is 1.63. The summed E-state index contributed by atoms with van der Waals surface area (Å²) in [5, 5.41) is 9.49. The van der Waals surface area contributed by atoms with Gasteiger partial charge >= 0.3 is 7.12 Å². The Kier molecular flexibility index (Phi) is 5.62. The average Bonchev–Trinajstić information content (AvgIpc) is 3.52. The van der Waals surface area contributed by atoms with Crippen LogP contribution in [0.4, 0.5) is 0 Å². The molecule has 6 rings (SSSR count). The second-order valence-electron chi connectivity index (χ2n) is 11.0. The van der Waals surface area contributed by atoms with Gasteiger partial charge in [-0.2, -0.15) is 10.2 Å². The van der Waals surface area contributed by atoms with E-state index in [0.717, 1.165) is 64.6 Å². The van der Waals surface area contributed by atoms with Gasteiger partial charge < -0.3 is 9.31 Å². The molecule has 3 aromatic heterocycles. The monoisotopic (exact) mass is 496 g/mol. The van der Waals surface area contributed by atoms with Gasteiger partial charge in [0.1, 0.15) is 5.82 Å². The average molecular weight is 496 g/mol. The van der Waals surface area contributed by atoms with Crippen LogP contribution >= 0.6 is 0 Å². The van der Waals surface area contributed by atoms with Crippen molar-refractivity contribution >= 4 is 12.6 Å². The third kappa shape index (κ3) is 4.10. The Labute approximate surface area is 218 Å². The van der Waals surface area contributed by atoms with Crippen molar-refractivity contribution in [3.63, 3.8) is 0 Å². The first-order valence-electron chi connectivity index (χ1n) is 13.0. The van der Waals surface area contributed by atoms with E-state index in [2.05, 4.69) is 69.0 Å². The standard InChI is InChI=1S/C28H33BN6O2/c1-7-35-15-14-21(32-35)16-23-30-17-19-10-13-22-24(25(19)31-23)26(34(6)33-22)18-8-11-20(12-9-18)29-36-27(2,3)28(4,5)37-29/h8-9,11-12,14-15,17H,7,10,13,16H2,1-6H3. The van der Waals surface area contributed by atoms with Crippen molar-refractivity contribution in [3.05, 3.63) is 65.5 Å². The quantitative estimate of drug-likeness (QED) is 0.392. The maximum atomic E-state index is 6.25. The van der Waals surface area contributed by atoms with Crippen LogP contribution in [0.1, 0.15) is 57.4 Å². The Morgan fingerprint density at radius 3 is 2.38 bits per heavy atom. The van der Waals surface area contributed by atoms with Crippen LogP contribution in [-0.4, -0.2) is 47.8 Å². The molecule has 8 nitrogen and oxygen atoms in total. The Morgan fingerprint density at radius 2 is 1.70 bits per heavy atom. The number of fused-ring (bicyclic) bond motifs is 3. The van der Waals surface area contributed by atoms with Crippen molar-refractivity contribution < 1.29 is 9.31 Å². The van der Waals surface area contributed by atoms with Gasteiger partial charge in [-0.05, 0) is 64.6 Å². The number of aromatic nitrogens is 6. The minimum Gasteiger partial charge on any atom is -0.399 e. The number of rotatable bonds is 5. The van der Waals surface area contributed by atoms with Gasteiger partial charge in [0, 0.05) is 37.1 Å². The number of aryl methyl sites for hydroxylation is 4. The fourth-order valence-electron chi connectivity index (χ4n) is 5.13. The van der Waals surface area contributed by atoms with E-state index < -0.39 is 0 Å². The molecule has 190 valence electrons. The third-order valence-corrected chi connectivity index (χ3v) is 7.97. The summed E-state index contributed by atoms with van der Waals surface area (Å²) in [6.07, 6.45) is 6.36. The largest absolute Gasteiger partial charge is 0.494 e. The number of hydrogen-bond acceptors (Lipinski definition) is 6. The highest BCUT2D eigenvalue weighted by Gasteiger charge is 2.51. The minimum atomic E-state index is -0.383. The van der Waals surface area contributed by atoms with E-state index in [4.69, 9.17) is 19.4 Å². The summed E-state index contributed by atoms with van der Waals surface area (Å²) in [4.78, 5) is 9.71. The van der Waals surface area contributed by atoms with Gasteiger partial charge in [0.05, 0.1) is 40.4 Å². The summed E-state index contributed by atoms with van der Waals surface area (Å²) in [5.74, 6) is 0.777. The maximum Gasteiger partial charge on any atom is 0.494 e. The topological polar surface area (TPSA) is 79.9 Å². The van der Waals surface area contributed by atoms with Crippen molar-refractivity contribution in [1.29, 1.82) is 0 Å². The van der Waals surface area contributed by atoms with Crippen LogP contribution in [0, 0.1) is 0 Å². The molecule has 0 bridgehead atoms. The molecule has 37 heavy (non-hydrogen) atoms. The minimum absolute atomic E-state index is 0.368. The van der Waals surface area contributed by atoms with Crippen molar-refractivity contribution in [1.82, 2.24) is 29.5 Å². The molecule has 4 heterocycles. The van der Waals surface area contributed by atoms with E-state index in [1.54, 1.807) is 0 Å². The molecule has 0 saturated carbocycles. The zero-order chi connectivity index (χ0) is 25.9. The highest BCUT2D eigenvalue weighted by atomic mass is 16.7. The van der Waals surface area contributed by atoms with E-state index in [-0.39, 0.29) is 18.3 Å². The number of hydrogen-bond donors (Lipinski definition) is 0. The van der Waals surface area contributed by atoms with Crippen molar-refractivity contribution in [2.75, 3.05) is 0 Å². The zero-order valence-electron chi connectivity index (χ0n) is 22.4. The van der Waals surface area contributed by atoms with Crippen LogP contribution in [-0.2, 0) is 42.2 Å². The molecule has 1 fully saturated rings. The van der Waals surface area contributed by atoms with Crippen molar-refractivity contribution in [3.8, 4) is 22.5 Å². The zero-order valence-corrected chi connectivity index (χ0v) is 22.4. The Balaban J connectivity index is 1.34. The van der Waals surface area contributed by atoms with Gasteiger partial charge in [0.25, 0.3) is 0 Å². The normalized spacial score (nSPS) is 17.6. The van der Waals surface area contributed by atoms with Crippen molar-refractivity contribution in [2.45, 2.75) is 71.6 Å². The third-order valence-electron chi connectivity index (χ3n) is 7.97. The molecule has 1 aliphatic carbocycles. The van der Waals surface area contributed by atoms with Crippen LogP contribution in [0.15, 0.2) is 42.7 Å². The molecular weight excluding hydrogens is 463 g/mol. The van der Waals surface area contributed by atoms with Crippen LogP contribution in [0.2, 0.25) is 0 Å². The summed E-state index contributed by atoms with van der Waals surface area (Å²) >= 11 is 0. The summed E-state index contributed by atoms with van der Waals surface area (Å²) in [5.41, 5.74) is 7.74. The van der Waals surface area contributed by atoms with E-state index in [9.17, 15) is 0 Å². The fourth-order valence-corrected chi connectivity index (χ4v) is 5.13. The Bertz CT molecular complexity index is 1450. The molecule has 2 aliphatic rings. The van der Waals surface area contributed by atoms with E-state index in [0.29, 0.717) is 6.42 Å². The predicted molar refractivity (Wildman–Crippen MR) is 144 cm³/mol. The maximum absolute atomic E-state index is 6.25. The van der Waals surface area contributed by atoms with Gasteiger partial charge in [0.2, 0.25) is 0 Å². The first-order chi connectivity index (χ1) is 17.6. The van der Waals surface area contributed by atoms with Crippen molar-refractivity contribution in [2.24, 2.45) is 7.05 Å². The molecule has 0 N–H and O–H groups in total. The van der Waals surface area contributed by atoms with Gasteiger partial charge in [-0.25, -0.2) is 9.97 Å². The van der Waals surface area contributed by atoms with E-state index in [1.165, 1.54) is 5.56 Å². The Hall–Kier alpha value is -3.30. The van der Waals surface area contributed by atoms with Gasteiger partial charge in [0.15, 0.2) is 0 Å². The van der Waals surface area contributed by atoms with Crippen LogP contribution in [0.3, 0.4) is 0 Å². The molecule has 9 heteroatoms. The molecule has 0 atom stereocenters. The summed E-state index contributed by atoms with van der Waals surface area (Å²) in [6, 6.07) is 10.5. The molecule has 4 aromatic rings. The lowest BCUT2D eigenvalue weighted by atomic mass is 9.78. The second-order valence-corrected chi connectivity index (χ2v) is 11.0. The van der Waals surface area contributed by atoms with Gasteiger partial charge in [-0.15, -0.1) is 0 Å².